The van der Waals surface area contributed by atoms with Gasteiger partial charge in [-0.25, -0.2) is 0 Å². The Balaban J connectivity index is 1.59. The summed E-state index contributed by atoms with van der Waals surface area (Å²) in [6.07, 6.45) is 5.06. The van der Waals surface area contributed by atoms with Crippen molar-refractivity contribution in [1.29, 1.82) is 0 Å². The summed E-state index contributed by atoms with van der Waals surface area (Å²) in [7, 11) is 0. The van der Waals surface area contributed by atoms with Crippen LogP contribution in [0.4, 0.5) is 5.69 Å². The van der Waals surface area contributed by atoms with Crippen LogP contribution in [0.25, 0.3) is 0 Å². The summed E-state index contributed by atoms with van der Waals surface area (Å²) in [6, 6.07) is 15.9. The van der Waals surface area contributed by atoms with Gasteiger partial charge in [0, 0.05) is 17.8 Å². The molecule has 0 atom stereocenters. The number of piperidine rings is 1. The molecule has 0 unspecified atom stereocenters. The topological polar surface area (TPSA) is 32.3 Å². The fraction of sp³-hybridized carbons (Fsp3) is 0.381. The predicted octanol–water partition coefficient (Wildman–Crippen LogP) is 4.28. The summed E-state index contributed by atoms with van der Waals surface area (Å²) in [5.41, 5.74) is 3.95. The molecule has 0 saturated carbocycles. The Hall–Kier alpha value is -2.13. The van der Waals surface area contributed by atoms with E-state index in [9.17, 15) is 4.79 Å². The molecule has 1 aliphatic rings. The van der Waals surface area contributed by atoms with Crippen LogP contribution in [0.5, 0.6) is 0 Å². The number of likely N-dealkylation sites (tertiary alicyclic amines) is 1. The Bertz CT molecular complexity index is 690. The summed E-state index contributed by atoms with van der Waals surface area (Å²) >= 11 is 0. The second-order valence-corrected chi connectivity index (χ2v) is 6.68. The molecule has 3 nitrogen and oxygen atoms in total. The van der Waals surface area contributed by atoms with Crippen molar-refractivity contribution in [1.82, 2.24) is 4.90 Å². The maximum atomic E-state index is 12.4. The largest absolute Gasteiger partial charge is 0.322 e. The highest BCUT2D eigenvalue weighted by Crippen LogP contribution is 2.15. The van der Waals surface area contributed by atoms with E-state index in [1.165, 1.54) is 37.9 Å². The van der Waals surface area contributed by atoms with Gasteiger partial charge in [0.2, 0.25) is 0 Å². The Morgan fingerprint density at radius 1 is 1.04 bits per heavy atom. The van der Waals surface area contributed by atoms with Crippen LogP contribution < -0.4 is 5.32 Å². The van der Waals surface area contributed by atoms with Crippen LogP contribution in [0, 0.1) is 6.92 Å². The second-order valence-electron chi connectivity index (χ2n) is 6.68. The molecule has 2 aromatic carbocycles. The summed E-state index contributed by atoms with van der Waals surface area (Å²) in [6.45, 7) is 5.56. The minimum Gasteiger partial charge on any atom is -0.322 e. The summed E-state index contributed by atoms with van der Waals surface area (Å²) in [5, 5.41) is 3.01. The SMILES string of the molecule is Cc1cccc(C(=O)Nc2cccc(CCN3CCCCC3)c2)c1. The van der Waals surface area contributed by atoms with Crippen LogP contribution in [0.2, 0.25) is 0 Å². The van der Waals surface area contributed by atoms with Gasteiger partial charge in [-0.2, -0.15) is 0 Å². The first-order chi connectivity index (χ1) is 11.7. The average molecular weight is 322 g/mol. The van der Waals surface area contributed by atoms with Crippen molar-refractivity contribution in [2.45, 2.75) is 32.6 Å². The molecule has 0 bridgehead atoms. The number of aryl methyl sites for hydroxylation is 1. The van der Waals surface area contributed by atoms with Gasteiger partial charge in [-0.05, 0) is 69.1 Å². The molecular formula is C21H26N2O. The molecule has 24 heavy (non-hydrogen) atoms. The number of benzene rings is 2. The Morgan fingerprint density at radius 3 is 2.62 bits per heavy atom. The molecule has 0 spiro atoms. The van der Waals surface area contributed by atoms with E-state index in [1.807, 2.05) is 43.3 Å². The molecule has 126 valence electrons. The number of amides is 1. The van der Waals surface area contributed by atoms with Crippen molar-refractivity contribution in [2.24, 2.45) is 0 Å². The zero-order valence-electron chi connectivity index (χ0n) is 14.4. The molecule has 2 aromatic rings. The molecule has 3 heteroatoms. The lowest BCUT2D eigenvalue weighted by molar-refractivity contribution is 0.102. The molecule has 1 N–H and O–H groups in total. The molecule has 1 saturated heterocycles. The van der Waals surface area contributed by atoms with Crippen molar-refractivity contribution in [3.8, 4) is 0 Å². The van der Waals surface area contributed by atoms with Crippen LogP contribution in [0.15, 0.2) is 48.5 Å². The third-order valence-electron chi connectivity index (χ3n) is 4.63. The summed E-state index contributed by atoms with van der Waals surface area (Å²) in [4.78, 5) is 14.9. The smallest absolute Gasteiger partial charge is 0.255 e. The fourth-order valence-electron chi connectivity index (χ4n) is 3.26. The van der Waals surface area contributed by atoms with E-state index in [4.69, 9.17) is 0 Å². The van der Waals surface area contributed by atoms with Crippen molar-refractivity contribution in [3.63, 3.8) is 0 Å². The highest BCUT2D eigenvalue weighted by Gasteiger charge is 2.10. The van der Waals surface area contributed by atoms with E-state index in [2.05, 4.69) is 22.3 Å². The Kier molecular flexibility index (Phi) is 5.65. The van der Waals surface area contributed by atoms with E-state index in [0.717, 1.165) is 24.2 Å². The molecule has 0 aliphatic carbocycles. The number of nitrogens with one attached hydrogen (secondary N) is 1. The molecule has 3 rings (SSSR count). The number of carbonyl (C=O) groups excluding carboxylic acids is 1. The van der Waals surface area contributed by atoms with Crippen LogP contribution in [-0.2, 0) is 6.42 Å². The number of hydrogen-bond donors (Lipinski definition) is 1. The molecule has 1 heterocycles. The normalized spacial score (nSPS) is 15.2. The van der Waals surface area contributed by atoms with Gasteiger partial charge < -0.3 is 10.2 Å². The molecule has 1 amide bonds. The van der Waals surface area contributed by atoms with Crippen LogP contribution in [0.3, 0.4) is 0 Å². The van der Waals surface area contributed by atoms with Gasteiger partial charge >= 0.3 is 0 Å². The number of nitrogens with zero attached hydrogens (tertiary/aromatic N) is 1. The van der Waals surface area contributed by atoms with E-state index < -0.39 is 0 Å². The summed E-state index contributed by atoms with van der Waals surface area (Å²) < 4.78 is 0. The van der Waals surface area contributed by atoms with E-state index in [0.29, 0.717) is 5.56 Å². The van der Waals surface area contributed by atoms with E-state index >= 15 is 0 Å². The zero-order valence-corrected chi connectivity index (χ0v) is 14.4. The molecule has 1 fully saturated rings. The Labute approximate surface area is 144 Å². The van der Waals surface area contributed by atoms with Gasteiger partial charge in [-0.15, -0.1) is 0 Å². The Morgan fingerprint density at radius 2 is 1.83 bits per heavy atom. The minimum atomic E-state index is -0.0492. The monoisotopic (exact) mass is 322 g/mol. The maximum Gasteiger partial charge on any atom is 0.255 e. The highest BCUT2D eigenvalue weighted by atomic mass is 16.1. The minimum absolute atomic E-state index is 0.0492. The number of hydrogen-bond acceptors (Lipinski definition) is 2. The lowest BCUT2D eigenvalue weighted by atomic mass is 10.1. The number of anilines is 1. The van der Waals surface area contributed by atoms with Gasteiger partial charge in [0.05, 0.1) is 0 Å². The number of carbonyl (C=O) groups is 1. The van der Waals surface area contributed by atoms with Gasteiger partial charge in [-0.1, -0.05) is 36.2 Å². The zero-order chi connectivity index (χ0) is 16.8. The first kappa shape index (κ1) is 16.7. The fourth-order valence-corrected chi connectivity index (χ4v) is 3.26. The highest BCUT2D eigenvalue weighted by molar-refractivity contribution is 6.04. The first-order valence-electron chi connectivity index (χ1n) is 8.90. The summed E-state index contributed by atoms with van der Waals surface area (Å²) in [5.74, 6) is -0.0492. The van der Waals surface area contributed by atoms with E-state index in [-0.39, 0.29) is 5.91 Å². The third-order valence-corrected chi connectivity index (χ3v) is 4.63. The lowest BCUT2D eigenvalue weighted by Gasteiger charge is -2.26. The third kappa shape index (κ3) is 4.68. The molecule has 0 radical (unpaired) electrons. The van der Waals surface area contributed by atoms with Gasteiger partial charge in [-0.3, -0.25) is 4.79 Å². The van der Waals surface area contributed by atoms with Gasteiger partial charge in [0.25, 0.3) is 5.91 Å². The average Bonchev–Trinajstić information content (AvgIpc) is 2.61. The van der Waals surface area contributed by atoms with E-state index in [1.54, 1.807) is 0 Å². The van der Waals surface area contributed by atoms with Gasteiger partial charge in [0.15, 0.2) is 0 Å². The van der Waals surface area contributed by atoms with Gasteiger partial charge in [0.1, 0.15) is 0 Å². The quantitative estimate of drug-likeness (QED) is 0.891. The van der Waals surface area contributed by atoms with Crippen LogP contribution in [-0.4, -0.2) is 30.4 Å². The predicted molar refractivity (Wildman–Crippen MR) is 99.6 cm³/mol. The van der Waals surface area contributed by atoms with Crippen molar-refractivity contribution in [3.05, 3.63) is 65.2 Å². The molecule has 1 aliphatic heterocycles. The van der Waals surface area contributed by atoms with Crippen LogP contribution in [0.1, 0.15) is 40.7 Å². The van der Waals surface area contributed by atoms with Crippen molar-refractivity contribution < 1.29 is 4.79 Å². The van der Waals surface area contributed by atoms with Crippen molar-refractivity contribution in [2.75, 3.05) is 25.0 Å². The number of rotatable bonds is 5. The standard InChI is InChI=1S/C21H26N2O/c1-17-7-5-9-19(15-17)21(24)22-20-10-6-8-18(16-20)11-14-23-12-3-2-4-13-23/h5-10,15-16H,2-4,11-14H2,1H3,(H,22,24). The lowest BCUT2D eigenvalue weighted by Crippen LogP contribution is -2.31. The molecule has 0 aromatic heterocycles. The van der Waals surface area contributed by atoms with Crippen LogP contribution >= 0.6 is 0 Å². The molecular weight excluding hydrogens is 296 g/mol. The maximum absolute atomic E-state index is 12.4. The first-order valence-corrected chi connectivity index (χ1v) is 8.90. The second kappa shape index (κ2) is 8.11. The van der Waals surface area contributed by atoms with Crippen molar-refractivity contribution >= 4 is 11.6 Å².